The molecule has 4 heteroatoms. The maximum Gasteiger partial charge on any atom is 0.257 e. The van der Waals surface area contributed by atoms with Gasteiger partial charge in [-0.1, -0.05) is 165 Å². The largest absolute Gasteiger partial charge is 0.440 e. The highest BCUT2D eigenvalue weighted by Gasteiger charge is 2.47. The summed E-state index contributed by atoms with van der Waals surface area (Å²) in [5, 5.41) is 1.17. The summed E-state index contributed by atoms with van der Waals surface area (Å²) >= 11 is 0. The van der Waals surface area contributed by atoms with Crippen molar-refractivity contribution in [1.82, 2.24) is 0 Å². The zero-order valence-electron chi connectivity index (χ0n) is 36.4. The predicted molar refractivity (Wildman–Crippen MR) is 257 cm³/mol. The second kappa shape index (κ2) is 13.6. The van der Waals surface area contributed by atoms with Gasteiger partial charge in [0.2, 0.25) is 5.88 Å². The minimum absolute atomic E-state index is 0.0296. The lowest BCUT2D eigenvalue weighted by Crippen LogP contribution is -2.61. The SMILES string of the molecule is CC(C)(C)c1ccc(N2c3cc(C(C)(C)C)cc4c3B(c3ccc(-c5ccccc5)cc3N4c3cccc(-c4ccccc4)c3)c3c2oc2ccc(C(C)(C)C)cc32)cc1. The van der Waals surface area contributed by atoms with Gasteiger partial charge in [-0.05, 0) is 121 Å². The fourth-order valence-electron chi connectivity index (χ4n) is 9.32. The van der Waals surface area contributed by atoms with E-state index in [1.54, 1.807) is 0 Å². The zero-order chi connectivity index (χ0) is 41.7. The first-order chi connectivity index (χ1) is 28.6. The zero-order valence-corrected chi connectivity index (χ0v) is 36.4. The maximum absolute atomic E-state index is 7.20. The van der Waals surface area contributed by atoms with Crippen LogP contribution in [0.4, 0.5) is 34.3 Å². The first-order valence-corrected chi connectivity index (χ1v) is 21.5. The number of benzene rings is 7. The molecule has 3 heterocycles. The molecule has 296 valence electrons. The van der Waals surface area contributed by atoms with Gasteiger partial charge in [0.1, 0.15) is 5.58 Å². The van der Waals surface area contributed by atoms with E-state index in [-0.39, 0.29) is 23.0 Å². The molecule has 0 fully saturated rings. The lowest BCUT2D eigenvalue weighted by molar-refractivity contribution is 0.588. The van der Waals surface area contributed by atoms with Crippen LogP contribution in [0.15, 0.2) is 162 Å². The van der Waals surface area contributed by atoms with Gasteiger partial charge >= 0.3 is 0 Å². The van der Waals surface area contributed by atoms with Crippen LogP contribution in [0.3, 0.4) is 0 Å². The summed E-state index contributed by atoms with van der Waals surface area (Å²) in [6.45, 7) is 20.7. The molecule has 2 aliphatic rings. The van der Waals surface area contributed by atoms with E-state index >= 15 is 0 Å². The molecule has 3 nitrogen and oxygen atoms in total. The van der Waals surface area contributed by atoms with E-state index in [2.05, 4.69) is 230 Å². The first kappa shape index (κ1) is 38.0. The molecule has 1 aromatic heterocycles. The summed E-state index contributed by atoms with van der Waals surface area (Å²) in [6, 6.07) is 58.7. The molecule has 0 bridgehead atoms. The second-order valence-corrected chi connectivity index (χ2v) is 19.9. The van der Waals surface area contributed by atoms with E-state index in [9.17, 15) is 0 Å². The molecule has 0 spiro atoms. The Morgan fingerprint density at radius 2 is 0.967 bits per heavy atom. The van der Waals surface area contributed by atoms with Crippen molar-refractivity contribution in [2.75, 3.05) is 9.80 Å². The smallest absolute Gasteiger partial charge is 0.257 e. The summed E-state index contributed by atoms with van der Waals surface area (Å²) in [4.78, 5) is 4.97. The number of anilines is 6. The third kappa shape index (κ3) is 6.27. The molecule has 60 heavy (non-hydrogen) atoms. The Kier molecular flexibility index (Phi) is 8.64. The van der Waals surface area contributed by atoms with Crippen molar-refractivity contribution in [3.8, 4) is 22.3 Å². The number of nitrogens with zero attached hydrogens (tertiary/aromatic N) is 2. The molecule has 0 radical (unpaired) electrons. The summed E-state index contributed by atoms with van der Waals surface area (Å²) in [6.07, 6.45) is 0. The minimum atomic E-state index is -0.137. The van der Waals surface area contributed by atoms with Crippen molar-refractivity contribution in [3.63, 3.8) is 0 Å². The summed E-state index contributed by atoms with van der Waals surface area (Å²) < 4.78 is 7.20. The topological polar surface area (TPSA) is 19.6 Å². The Bertz CT molecular complexity index is 2920. The van der Waals surface area contributed by atoms with Crippen LogP contribution >= 0.6 is 0 Å². The van der Waals surface area contributed by atoms with Crippen molar-refractivity contribution in [3.05, 3.63) is 174 Å². The molecule has 0 unspecified atom stereocenters. The van der Waals surface area contributed by atoms with Crippen molar-refractivity contribution >= 4 is 68.4 Å². The van der Waals surface area contributed by atoms with Crippen molar-refractivity contribution in [2.45, 2.75) is 78.6 Å². The third-order valence-electron chi connectivity index (χ3n) is 12.7. The fraction of sp³-hybridized carbons (Fsp3) is 0.214. The monoisotopic (exact) mass is 780 g/mol. The van der Waals surface area contributed by atoms with E-state index in [0.29, 0.717) is 0 Å². The van der Waals surface area contributed by atoms with Gasteiger partial charge in [0.25, 0.3) is 6.71 Å². The van der Waals surface area contributed by atoms with E-state index < -0.39 is 0 Å². The number of furan rings is 1. The summed E-state index contributed by atoms with van der Waals surface area (Å²) in [5.74, 6) is 0.895. The average Bonchev–Trinajstić information content (AvgIpc) is 3.61. The third-order valence-corrected chi connectivity index (χ3v) is 12.7. The van der Waals surface area contributed by atoms with Crippen LogP contribution in [-0.4, -0.2) is 6.71 Å². The lowest BCUT2D eigenvalue weighted by Gasteiger charge is -2.43. The lowest BCUT2D eigenvalue weighted by atomic mass is 9.33. The predicted octanol–water partition coefficient (Wildman–Crippen LogP) is 13.7. The molecule has 0 amide bonds. The molecule has 0 saturated heterocycles. The van der Waals surface area contributed by atoms with Crippen molar-refractivity contribution < 1.29 is 4.42 Å². The van der Waals surface area contributed by atoms with E-state index in [4.69, 9.17) is 4.42 Å². The minimum Gasteiger partial charge on any atom is -0.440 e. The van der Waals surface area contributed by atoms with Gasteiger partial charge in [-0.3, -0.25) is 4.90 Å². The quantitative estimate of drug-likeness (QED) is 0.166. The molecule has 0 aliphatic carbocycles. The van der Waals surface area contributed by atoms with Crippen LogP contribution in [0.25, 0.3) is 33.2 Å². The van der Waals surface area contributed by atoms with E-state index in [1.165, 1.54) is 72.1 Å². The molecule has 0 N–H and O–H groups in total. The highest BCUT2D eigenvalue weighted by molar-refractivity contribution is 7.01. The number of rotatable bonds is 4. The molecule has 8 aromatic rings. The second-order valence-electron chi connectivity index (χ2n) is 19.9. The van der Waals surface area contributed by atoms with Gasteiger partial charge in [0, 0.05) is 39.3 Å². The number of hydrogen-bond donors (Lipinski definition) is 0. The molecule has 0 atom stereocenters. The number of fused-ring (bicyclic) bond motifs is 6. The maximum atomic E-state index is 7.20. The molecule has 7 aromatic carbocycles. The van der Waals surface area contributed by atoms with E-state index in [0.717, 1.165) is 28.5 Å². The van der Waals surface area contributed by atoms with Gasteiger partial charge in [-0.25, -0.2) is 0 Å². The Morgan fingerprint density at radius 3 is 1.58 bits per heavy atom. The highest BCUT2D eigenvalue weighted by atomic mass is 16.4. The number of hydrogen-bond acceptors (Lipinski definition) is 3. The molecular formula is C56H53BN2O. The van der Waals surface area contributed by atoms with Crippen LogP contribution in [0.2, 0.25) is 0 Å². The summed E-state index contributed by atoms with van der Waals surface area (Å²) in [7, 11) is 0. The van der Waals surface area contributed by atoms with Crippen LogP contribution in [0, 0.1) is 0 Å². The normalized spacial score (nSPS) is 13.7. The Labute approximate surface area is 356 Å². The Balaban J connectivity index is 1.33. The average molecular weight is 781 g/mol. The first-order valence-electron chi connectivity index (χ1n) is 21.5. The van der Waals surface area contributed by atoms with E-state index in [1.807, 2.05) is 0 Å². The molecular weight excluding hydrogens is 727 g/mol. The molecule has 10 rings (SSSR count). The van der Waals surface area contributed by atoms with Gasteiger partial charge in [0.05, 0.1) is 0 Å². The van der Waals surface area contributed by atoms with Crippen LogP contribution in [0.1, 0.15) is 79.0 Å². The standard InChI is InChI=1S/C56H53BN2O/c1-54(2,3)40-24-27-43(28-25-40)59-49-35-42(56(7,8)9)34-48-52(49)57(51-45-33-41(55(4,5)6)26-30-50(45)60-53(51)59)46-29-23-39(37-19-14-11-15-20-37)32-47(46)58(48)44-22-16-21-38(31-44)36-17-12-10-13-18-36/h10-35H,1-9H3. The van der Waals surface area contributed by atoms with Crippen molar-refractivity contribution in [2.24, 2.45) is 0 Å². The van der Waals surface area contributed by atoms with Crippen LogP contribution in [-0.2, 0) is 16.2 Å². The van der Waals surface area contributed by atoms with Gasteiger partial charge < -0.3 is 9.32 Å². The van der Waals surface area contributed by atoms with Gasteiger partial charge in [0.15, 0.2) is 0 Å². The molecule has 2 aliphatic heterocycles. The Hall–Kier alpha value is -6.26. The highest BCUT2D eigenvalue weighted by Crippen LogP contribution is 2.49. The van der Waals surface area contributed by atoms with Crippen LogP contribution < -0.4 is 26.2 Å². The molecule has 0 saturated carbocycles. The van der Waals surface area contributed by atoms with Crippen molar-refractivity contribution in [1.29, 1.82) is 0 Å². The van der Waals surface area contributed by atoms with Gasteiger partial charge in [-0.15, -0.1) is 0 Å². The fourth-order valence-corrected chi connectivity index (χ4v) is 9.32. The Morgan fingerprint density at radius 1 is 0.400 bits per heavy atom. The van der Waals surface area contributed by atoms with Crippen LogP contribution in [0.5, 0.6) is 0 Å². The van der Waals surface area contributed by atoms with Gasteiger partial charge in [-0.2, -0.15) is 0 Å². The summed E-state index contributed by atoms with van der Waals surface area (Å²) in [5.41, 5.74) is 19.0.